The van der Waals surface area contributed by atoms with E-state index in [1.807, 2.05) is 25.3 Å². The van der Waals surface area contributed by atoms with Crippen molar-refractivity contribution in [3.63, 3.8) is 0 Å². The van der Waals surface area contributed by atoms with Crippen molar-refractivity contribution in [2.24, 2.45) is 0 Å². The third kappa shape index (κ3) is 2.72. The number of hydrogen-bond acceptors (Lipinski definition) is 4. The van der Waals surface area contributed by atoms with Crippen molar-refractivity contribution in [2.45, 2.75) is 20.4 Å². The lowest BCUT2D eigenvalue weighted by atomic mass is 10.3. The number of aliphatic hydroxyl groups is 1. The van der Waals surface area contributed by atoms with E-state index in [0.717, 1.165) is 21.0 Å². The third-order valence-electron chi connectivity index (χ3n) is 2.65. The van der Waals surface area contributed by atoms with Gasteiger partial charge in [0, 0.05) is 26.4 Å². The Morgan fingerprint density at radius 2 is 2.22 bits per heavy atom. The first-order valence-electron chi connectivity index (χ1n) is 5.46. The Kier molecular flexibility index (Phi) is 4.02. The molecule has 0 aromatic carbocycles. The van der Waals surface area contributed by atoms with E-state index in [1.165, 1.54) is 11.3 Å². The Morgan fingerprint density at radius 1 is 1.44 bits per heavy atom. The number of hydrogen-bond donors (Lipinski definition) is 1. The van der Waals surface area contributed by atoms with Gasteiger partial charge < -0.3 is 5.11 Å². The molecular weight excluding hydrogens is 266 g/mol. The molecule has 0 spiro atoms. The summed E-state index contributed by atoms with van der Waals surface area (Å²) in [4.78, 5) is 14.0. The summed E-state index contributed by atoms with van der Waals surface area (Å²) in [7, 11) is 0. The van der Waals surface area contributed by atoms with Crippen LogP contribution in [0.3, 0.4) is 0 Å². The lowest BCUT2D eigenvalue weighted by molar-refractivity contribution is 0.350. The topological polar surface area (TPSA) is 42.2 Å². The lowest BCUT2D eigenvalue weighted by Gasteiger charge is -2.01. The molecule has 94 valence electrons. The second-order valence-corrected chi connectivity index (χ2v) is 6.02. The quantitative estimate of drug-likeness (QED) is 0.854. The number of aliphatic hydroxyl groups excluding tert-OH is 1. The molecule has 0 saturated heterocycles. The van der Waals surface area contributed by atoms with Gasteiger partial charge in [0.15, 0.2) is 0 Å². The summed E-state index contributed by atoms with van der Waals surface area (Å²) in [6.45, 7) is 4.39. The second-order valence-electron chi connectivity index (χ2n) is 3.86. The average Bonchev–Trinajstić information content (AvgIpc) is 2.88. The van der Waals surface area contributed by atoms with E-state index in [0.29, 0.717) is 6.54 Å². The summed E-state index contributed by atoms with van der Waals surface area (Å²) in [6, 6.07) is 1.96. The zero-order chi connectivity index (χ0) is 13.1. The minimum atomic E-state index is -0.131. The Morgan fingerprint density at radius 3 is 2.83 bits per heavy atom. The number of thiazole rings is 1. The monoisotopic (exact) mass is 279 g/mol. The smallest absolute Gasteiger partial charge is 0.307 e. The van der Waals surface area contributed by atoms with Gasteiger partial charge in [-0.2, -0.15) is 0 Å². The molecule has 0 aliphatic rings. The molecule has 0 amide bonds. The summed E-state index contributed by atoms with van der Waals surface area (Å²) in [5.41, 5.74) is 1.92. The van der Waals surface area contributed by atoms with E-state index in [-0.39, 0.29) is 11.5 Å². The maximum absolute atomic E-state index is 11.8. The average molecular weight is 279 g/mol. The molecule has 0 saturated carbocycles. The summed E-state index contributed by atoms with van der Waals surface area (Å²) < 4.78 is 1.79. The van der Waals surface area contributed by atoms with Crippen LogP contribution in [-0.4, -0.2) is 16.3 Å². The predicted octanol–water partition coefficient (Wildman–Crippen LogP) is 1.98. The molecule has 2 aromatic rings. The zero-order valence-electron chi connectivity index (χ0n) is 10.2. The van der Waals surface area contributed by atoms with Gasteiger partial charge in [-0.25, -0.2) is 0 Å². The number of thiophene rings is 1. The molecule has 0 fully saturated rings. The number of nitrogens with zero attached hydrogens (tertiary/aromatic N) is 1. The minimum absolute atomic E-state index is 0.0846. The molecule has 0 atom stereocenters. The maximum Gasteiger partial charge on any atom is 0.307 e. The van der Waals surface area contributed by atoms with Crippen LogP contribution >= 0.6 is 22.7 Å². The van der Waals surface area contributed by atoms with Crippen molar-refractivity contribution >= 4 is 22.7 Å². The Balaban J connectivity index is 2.24. The molecule has 0 unspecified atom stereocenters. The fourth-order valence-electron chi connectivity index (χ4n) is 1.60. The fourth-order valence-corrected chi connectivity index (χ4v) is 3.23. The van der Waals surface area contributed by atoms with Crippen molar-refractivity contribution in [2.75, 3.05) is 6.61 Å². The van der Waals surface area contributed by atoms with Gasteiger partial charge in [0.05, 0.1) is 6.54 Å². The SMILES string of the molecule is Cc1sc(=O)n(Cc2cc(C#CCO)cs2)c1C. The third-order valence-corrected chi connectivity index (χ3v) is 4.57. The van der Waals surface area contributed by atoms with Crippen LogP contribution in [0.4, 0.5) is 0 Å². The van der Waals surface area contributed by atoms with Crippen molar-refractivity contribution < 1.29 is 5.11 Å². The van der Waals surface area contributed by atoms with E-state index >= 15 is 0 Å². The van der Waals surface area contributed by atoms with E-state index in [4.69, 9.17) is 5.11 Å². The molecule has 0 bridgehead atoms. The number of aromatic nitrogens is 1. The molecular formula is C13H13NO2S2. The lowest BCUT2D eigenvalue weighted by Crippen LogP contribution is -2.14. The van der Waals surface area contributed by atoms with Gasteiger partial charge >= 0.3 is 4.87 Å². The molecule has 0 radical (unpaired) electrons. The molecule has 0 aliphatic heterocycles. The fraction of sp³-hybridized carbons (Fsp3) is 0.308. The molecule has 2 rings (SSSR count). The minimum Gasteiger partial charge on any atom is -0.384 e. The molecule has 18 heavy (non-hydrogen) atoms. The van der Waals surface area contributed by atoms with Crippen LogP contribution in [0.15, 0.2) is 16.2 Å². The highest BCUT2D eigenvalue weighted by atomic mass is 32.1. The molecule has 2 aromatic heterocycles. The van der Waals surface area contributed by atoms with Gasteiger partial charge in [-0.05, 0) is 19.9 Å². The van der Waals surface area contributed by atoms with Crippen LogP contribution in [0.25, 0.3) is 0 Å². The maximum atomic E-state index is 11.8. The molecule has 3 nitrogen and oxygen atoms in total. The van der Waals surface area contributed by atoms with Crippen molar-refractivity contribution in [3.05, 3.63) is 42.1 Å². The highest BCUT2D eigenvalue weighted by molar-refractivity contribution is 7.10. The number of aryl methyl sites for hydroxylation is 1. The van der Waals surface area contributed by atoms with E-state index in [2.05, 4.69) is 11.8 Å². The predicted molar refractivity (Wildman–Crippen MR) is 75.4 cm³/mol. The molecule has 2 heterocycles. The van der Waals surface area contributed by atoms with Crippen molar-refractivity contribution in [1.29, 1.82) is 0 Å². The first-order chi connectivity index (χ1) is 8.61. The molecule has 5 heteroatoms. The summed E-state index contributed by atoms with van der Waals surface area (Å²) in [5.74, 6) is 5.47. The van der Waals surface area contributed by atoms with Gasteiger partial charge in [0.1, 0.15) is 6.61 Å². The van der Waals surface area contributed by atoms with Gasteiger partial charge in [0.2, 0.25) is 0 Å². The largest absolute Gasteiger partial charge is 0.384 e. The molecule has 0 aliphatic carbocycles. The Labute approximate surface area is 113 Å². The van der Waals surface area contributed by atoms with Gasteiger partial charge in [-0.3, -0.25) is 9.36 Å². The van der Waals surface area contributed by atoms with Gasteiger partial charge in [-0.15, -0.1) is 11.3 Å². The first kappa shape index (κ1) is 13.1. The van der Waals surface area contributed by atoms with Gasteiger partial charge in [0.25, 0.3) is 0 Å². The normalized spacial score (nSPS) is 10.2. The standard InChI is InChI=1S/C13H13NO2S2/c1-9-10(2)18-13(16)14(9)7-12-6-11(8-17-12)4-3-5-15/h6,8,15H,5,7H2,1-2H3. The van der Waals surface area contributed by atoms with Crippen LogP contribution in [-0.2, 0) is 6.54 Å². The first-order valence-corrected chi connectivity index (χ1v) is 7.15. The second kappa shape index (κ2) is 5.53. The molecule has 1 N–H and O–H groups in total. The number of rotatable bonds is 2. The van der Waals surface area contributed by atoms with E-state index in [1.54, 1.807) is 15.9 Å². The Hall–Kier alpha value is -1.35. The Bertz CT molecular complexity index is 667. The van der Waals surface area contributed by atoms with Crippen LogP contribution < -0.4 is 4.87 Å². The van der Waals surface area contributed by atoms with Crippen LogP contribution in [0.1, 0.15) is 21.0 Å². The van der Waals surface area contributed by atoms with Crippen LogP contribution in [0.2, 0.25) is 0 Å². The van der Waals surface area contributed by atoms with Crippen LogP contribution in [0.5, 0.6) is 0 Å². The van der Waals surface area contributed by atoms with Crippen molar-refractivity contribution in [1.82, 2.24) is 4.57 Å². The van der Waals surface area contributed by atoms with Crippen LogP contribution in [0, 0.1) is 25.7 Å². The summed E-state index contributed by atoms with van der Waals surface area (Å²) >= 11 is 2.87. The van der Waals surface area contributed by atoms with E-state index < -0.39 is 0 Å². The van der Waals surface area contributed by atoms with Crippen molar-refractivity contribution in [3.8, 4) is 11.8 Å². The zero-order valence-corrected chi connectivity index (χ0v) is 11.8. The van der Waals surface area contributed by atoms with Gasteiger partial charge in [-0.1, -0.05) is 23.2 Å². The summed E-state index contributed by atoms with van der Waals surface area (Å²) in [6.07, 6.45) is 0. The van der Waals surface area contributed by atoms with E-state index in [9.17, 15) is 4.79 Å². The highest BCUT2D eigenvalue weighted by Gasteiger charge is 2.08. The summed E-state index contributed by atoms with van der Waals surface area (Å²) in [5, 5.41) is 10.6. The highest BCUT2D eigenvalue weighted by Crippen LogP contribution is 2.17.